The van der Waals surface area contributed by atoms with Crippen LogP contribution in [0.4, 0.5) is 0 Å². The van der Waals surface area contributed by atoms with Crippen molar-refractivity contribution in [1.82, 2.24) is 5.32 Å². The van der Waals surface area contributed by atoms with Crippen molar-refractivity contribution in [2.45, 2.75) is 96.8 Å². The molecule has 1 nitrogen and oxygen atoms in total. The van der Waals surface area contributed by atoms with E-state index < -0.39 is 0 Å². The Labute approximate surface area is 151 Å². The third-order valence-corrected chi connectivity index (χ3v) is 4.84. The standard InChI is InChI=1S/C23H41N/c1-2-21-24-22-17-12-10-8-6-4-3-5-7-9-11-14-18-23-19-15-13-16-20-23/h13,15-16,19-20,24H,2-12,14,17-18,21-22H2,1H3. The van der Waals surface area contributed by atoms with E-state index in [1.54, 1.807) is 0 Å². The van der Waals surface area contributed by atoms with Crippen LogP contribution in [0.25, 0.3) is 0 Å². The predicted octanol–water partition coefficient (Wildman–Crippen LogP) is 6.91. The van der Waals surface area contributed by atoms with E-state index in [4.69, 9.17) is 0 Å². The maximum absolute atomic E-state index is 3.48. The normalized spacial score (nSPS) is 11.0. The van der Waals surface area contributed by atoms with Gasteiger partial charge in [-0.05, 0) is 44.3 Å². The number of hydrogen-bond acceptors (Lipinski definition) is 1. The molecule has 1 N–H and O–H groups in total. The lowest BCUT2D eigenvalue weighted by Crippen LogP contribution is -2.15. The van der Waals surface area contributed by atoms with Crippen molar-refractivity contribution < 1.29 is 0 Å². The zero-order valence-electron chi connectivity index (χ0n) is 16.2. The first-order chi connectivity index (χ1) is 11.9. The number of aryl methyl sites for hydroxylation is 1. The minimum Gasteiger partial charge on any atom is -0.317 e. The van der Waals surface area contributed by atoms with Gasteiger partial charge in [-0.15, -0.1) is 0 Å². The highest BCUT2D eigenvalue weighted by Gasteiger charge is 1.95. The van der Waals surface area contributed by atoms with E-state index in [1.165, 1.54) is 109 Å². The molecule has 0 fully saturated rings. The maximum Gasteiger partial charge on any atom is -0.00489 e. The SMILES string of the molecule is CCCNCCCCCCCCCCCCCCc1ccccc1. The Bertz CT molecular complexity index is 346. The van der Waals surface area contributed by atoms with Gasteiger partial charge in [-0.2, -0.15) is 0 Å². The Hall–Kier alpha value is -0.820. The van der Waals surface area contributed by atoms with E-state index in [1.807, 2.05) is 0 Å². The van der Waals surface area contributed by atoms with Gasteiger partial charge < -0.3 is 5.32 Å². The molecule has 0 saturated carbocycles. The van der Waals surface area contributed by atoms with Crippen LogP contribution in [0.5, 0.6) is 0 Å². The minimum absolute atomic E-state index is 1.19. The van der Waals surface area contributed by atoms with Crippen molar-refractivity contribution in [1.29, 1.82) is 0 Å². The Morgan fingerprint density at radius 1 is 0.583 bits per heavy atom. The lowest BCUT2D eigenvalue weighted by Gasteiger charge is -2.04. The van der Waals surface area contributed by atoms with E-state index in [-0.39, 0.29) is 0 Å². The van der Waals surface area contributed by atoms with Crippen molar-refractivity contribution in [2.24, 2.45) is 0 Å². The Balaban J connectivity index is 1.70. The molecule has 0 aliphatic carbocycles. The monoisotopic (exact) mass is 331 g/mol. The molecule has 0 aromatic heterocycles. The molecule has 1 aromatic rings. The topological polar surface area (TPSA) is 12.0 Å². The van der Waals surface area contributed by atoms with E-state index in [0.717, 1.165) is 0 Å². The van der Waals surface area contributed by atoms with Gasteiger partial charge in [0, 0.05) is 0 Å². The second-order valence-corrected chi connectivity index (χ2v) is 7.23. The van der Waals surface area contributed by atoms with Crippen LogP contribution >= 0.6 is 0 Å². The van der Waals surface area contributed by atoms with Crippen LogP contribution in [0.2, 0.25) is 0 Å². The van der Waals surface area contributed by atoms with E-state index in [2.05, 4.69) is 42.6 Å². The molecule has 1 heteroatoms. The molecule has 0 aliphatic heterocycles. The molecule has 0 saturated heterocycles. The summed E-state index contributed by atoms with van der Waals surface area (Å²) in [5.41, 5.74) is 1.50. The highest BCUT2D eigenvalue weighted by atomic mass is 14.8. The van der Waals surface area contributed by atoms with Gasteiger partial charge in [0.05, 0.1) is 0 Å². The Kier molecular flexibility index (Phi) is 15.0. The number of unbranched alkanes of at least 4 members (excludes halogenated alkanes) is 11. The summed E-state index contributed by atoms with van der Waals surface area (Å²) in [6.45, 7) is 4.64. The molecular formula is C23H41N. The van der Waals surface area contributed by atoms with Crippen LogP contribution in [0, 0.1) is 0 Å². The first-order valence-corrected chi connectivity index (χ1v) is 10.7. The average molecular weight is 332 g/mol. The highest BCUT2D eigenvalue weighted by molar-refractivity contribution is 5.14. The van der Waals surface area contributed by atoms with Crippen molar-refractivity contribution >= 4 is 0 Å². The molecule has 24 heavy (non-hydrogen) atoms. The minimum atomic E-state index is 1.19. The molecule has 0 radical (unpaired) electrons. The van der Waals surface area contributed by atoms with Gasteiger partial charge in [-0.3, -0.25) is 0 Å². The summed E-state index contributed by atoms with van der Waals surface area (Å²) in [5.74, 6) is 0. The van der Waals surface area contributed by atoms with Crippen molar-refractivity contribution in [3.8, 4) is 0 Å². The van der Waals surface area contributed by atoms with Gasteiger partial charge in [0.25, 0.3) is 0 Å². The summed E-state index contributed by atoms with van der Waals surface area (Å²) in [7, 11) is 0. The summed E-state index contributed by atoms with van der Waals surface area (Å²) in [6.07, 6.45) is 19.6. The first kappa shape index (κ1) is 21.2. The fraction of sp³-hybridized carbons (Fsp3) is 0.739. The first-order valence-electron chi connectivity index (χ1n) is 10.7. The number of rotatable bonds is 17. The summed E-state index contributed by atoms with van der Waals surface area (Å²) < 4.78 is 0. The third-order valence-electron chi connectivity index (χ3n) is 4.84. The average Bonchev–Trinajstić information content (AvgIpc) is 2.62. The van der Waals surface area contributed by atoms with Crippen molar-refractivity contribution in [3.63, 3.8) is 0 Å². The molecule has 1 rings (SSSR count). The van der Waals surface area contributed by atoms with Crippen LogP contribution in [0.3, 0.4) is 0 Å². The number of benzene rings is 1. The third kappa shape index (κ3) is 13.6. The van der Waals surface area contributed by atoms with Gasteiger partial charge in [0.15, 0.2) is 0 Å². The highest BCUT2D eigenvalue weighted by Crippen LogP contribution is 2.13. The largest absolute Gasteiger partial charge is 0.317 e. The second kappa shape index (κ2) is 17.0. The van der Waals surface area contributed by atoms with E-state index >= 15 is 0 Å². The molecule has 1 aromatic carbocycles. The molecule has 0 bridgehead atoms. The Morgan fingerprint density at radius 3 is 1.62 bits per heavy atom. The van der Waals surface area contributed by atoms with E-state index in [9.17, 15) is 0 Å². The quantitative estimate of drug-likeness (QED) is 0.306. The second-order valence-electron chi connectivity index (χ2n) is 7.23. The zero-order valence-corrected chi connectivity index (χ0v) is 16.2. The fourth-order valence-corrected chi connectivity index (χ4v) is 3.29. The van der Waals surface area contributed by atoms with Gasteiger partial charge in [-0.1, -0.05) is 101 Å². The van der Waals surface area contributed by atoms with Gasteiger partial charge >= 0.3 is 0 Å². The summed E-state index contributed by atoms with van der Waals surface area (Å²) in [6, 6.07) is 10.9. The lowest BCUT2D eigenvalue weighted by molar-refractivity contribution is 0.533. The molecule has 0 aliphatic rings. The summed E-state index contributed by atoms with van der Waals surface area (Å²) in [4.78, 5) is 0. The zero-order chi connectivity index (χ0) is 17.1. The van der Waals surface area contributed by atoms with Gasteiger partial charge in [0.1, 0.15) is 0 Å². The molecular weight excluding hydrogens is 290 g/mol. The van der Waals surface area contributed by atoms with Crippen LogP contribution in [0.15, 0.2) is 30.3 Å². The van der Waals surface area contributed by atoms with Crippen LogP contribution in [-0.4, -0.2) is 13.1 Å². The molecule has 0 spiro atoms. The summed E-state index contributed by atoms with van der Waals surface area (Å²) >= 11 is 0. The van der Waals surface area contributed by atoms with E-state index in [0.29, 0.717) is 0 Å². The maximum atomic E-state index is 3.48. The lowest BCUT2D eigenvalue weighted by atomic mass is 10.0. The summed E-state index contributed by atoms with van der Waals surface area (Å²) in [5, 5.41) is 3.48. The van der Waals surface area contributed by atoms with Crippen LogP contribution in [0.1, 0.15) is 96.0 Å². The molecule has 0 unspecified atom stereocenters. The van der Waals surface area contributed by atoms with Crippen LogP contribution in [-0.2, 0) is 6.42 Å². The molecule has 0 heterocycles. The van der Waals surface area contributed by atoms with Gasteiger partial charge in [0.2, 0.25) is 0 Å². The van der Waals surface area contributed by atoms with Crippen molar-refractivity contribution in [2.75, 3.05) is 13.1 Å². The van der Waals surface area contributed by atoms with Crippen molar-refractivity contribution in [3.05, 3.63) is 35.9 Å². The molecule has 138 valence electrons. The molecule has 0 amide bonds. The molecule has 0 atom stereocenters. The van der Waals surface area contributed by atoms with Gasteiger partial charge in [-0.25, -0.2) is 0 Å². The Morgan fingerprint density at radius 2 is 1.08 bits per heavy atom. The predicted molar refractivity (Wildman–Crippen MR) is 109 cm³/mol. The fourth-order valence-electron chi connectivity index (χ4n) is 3.29. The smallest absolute Gasteiger partial charge is 0.00489 e. The van der Waals surface area contributed by atoms with Crippen LogP contribution < -0.4 is 5.32 Å². The number of nitrogens with one attached hydrogen (secondary N) is 1. The number of hydrogen-bond donors (Lipinski definition) is 1.